The highest BCUT2D eigenvalue weighted by Gasteiger charge is 2.17. The van der Waals surface area contributed by atoms with Gasteiger partial charge in [-0.1, -0.05) is 36.4 Å². The second-order valence-electron chi connectivity index (χ2n) is 5.88. The summed E-state index contributed by atoms with van der Waals surface area (Å²) >= 11 is 6.62. The molecule has 8 heteroatoms. The quantitative estimate of drug-likeness (QED) is 0.370. The minimum absolute atomic E-state index is 0.106. The maximum atomic E-state index is 12.1. The van der Waals surface area contributed by atoms with Crippen LogP contribution in [0.2, 0.25) is 0 Å². The van der Waals surface area contributed by atoms with Crippen molar-refractivity contribution in [2.75, 3.05) is 10.2 Å². The van der Waals surface area contributed by atoms with Crippen molar-refractivity contribution in [2.45, 2.75) is 13.8 Å². The molecule has 3 rings (SSSR count). The van der Waals surface area contributed by atoms with Gasteiger partial charge < -0.3 is 5.32 Å². The maximum absolute atomic E-state index is 12.1. The van der Waals surface area contributed by atoms with Gasteiger partial charge in [-0.3, -0.25) is 15.1 Å². The zero-order valence-corrected chi connectivity index (χ0v) is 17.1. The summed E-state index contributed by atoms with van der Waals surface area (Å²) in [6.07, 6.45) is 1.56. The van der Waals surface area contributed by atoms with Crippen molar-refractivity contribution in [1.29, 1.82) is 0 Å². The molecule has 0 unspecified atom stereocenters. The maximum Gasteiger partial charge on any atom is 0.230 e. The van der Waals surface area contributed by atoms with Crippen LogP contribution in [0, 0.1) is 6.92 Å². The zero-order chi connectivity index (χ0) is 19.9. The van der Waals surface area contributed by atoms with E-state index in [2.05, 4.69) is 20.8 Å². The largest absolute Gasteiger partial charge is 0.331 e. The highest BCUT2D eigenvalue weighted by Crippen LogP contribution is 2.28. The van der Waals surface area contributed by atoms with Gasteiger partial charge in [-0.15, -0.1) is 11.3 Å². The number of hydrogen-bond acceptors (Lipinski definition) is 5. The lowest BCUT2D eigenvalue weighted by molar-refractivity contribution is -0.115. The molecular weight excluding hydrogens is 390 g/mol. The van der Waals surface area contributed by atoms with E-state index in [0.29, 0.717) is 15.9 Å². The number of anilines is 3. The SMILES string of the molecule is CC(=O)N(c1ccccc1)c1nc(/C=N\NC(=S)Nc2ccccc2C)cs1. The molecule has 28 heavy (non-hydrogen) atoms. The van der Waals surface area contributed by atoms with Gasteiger partial charge in [-0.05, 0) is 42.9 Å². The van der Waals surface area contributed by atoms with Crippen molar-refractivity contribution in [3.05, 3.63) is 71.2 Å². The molecule has 0 aliphatic heterocycles. The smallest absolute Gasteiger partial charge is 0.230 e. The van der Waals surface area contributed by atoms with Crippen molar-refractivity contribution >= 4 is 57.3 Å². The topological polar surface area (TPSA) is 69.6 Å². The summed E-state index contributed by atoms with van der Waals surface area (Å²) in [5.41, 5.74) is 6.19. The van der Waals surface area contributed by atoms with E-state index in [1.807, 2.05) is 66.9 Å². The number of hydrogen-bond donors (Lipinski definition) is 2. The summed E-state index contributed by atoms with van der Waals surface area (Å²) in [7, 11) is 0. The molecule has 0 saturated carbocycles. The molecule has 2 aromatic carbocycles. The van der Waals surface area contributed by atoms with Crippen LogP contribution < -0.4 is 15.6 Å². The number of amides is 1. The van der Waals surface area contributed by atoms with Crippen molar-refractivity contribution in [3.63, 3.8) is 0 Å². The Labute approximate surface area is 172 Å². The number of thiazole rings is 1. The first-order valence-electron chi connectivity index (χ1n) is 8.51. The Morgan fingerprint density at radius 2 is 1.89 bits per heavy atom. The summed E-state index contributed by atoms with van der Waals surface area (Å²) < 4.78 is 0. The van der Waals surface area contributed by atoms with Gasteiger partial charge in [0.15, 0.2) is 10.2 Å². The van der Waals surface area contributed by atoms with Gasteiger partial charge in [0.05, 0.1) is 17.6 Å². The number of aryl methyl sites for hydroxylation is 1. The molecule has 0 spiro atoms. The molecule has 0 saturated heterocycles. The summed E-state index contributed by atoms with van der Waals surface area (Å²) in [5, 5.41) is 10.0. The summed E-state index contributed by atoms with van der Waals surface area (Å²) in [6.45, 7) is 3.51. The highest BCUT2D eigenvalue weighted by molar-refractivity contribution is 7.80. The molecule has 6 nitrogen and oxygen atoms in total. The van der Waals surface area contributed by atoms with E-state index in [4.69, 9.17) is 12.2 Å². The van der Waals surface area contributed by atoms with E-state index < -0.39 is 0 Å². The predicted molar refractivity (Wildman–Crippen MR) is 120 cm³/mol. The Morgan fingerprint density at radius 1 is 1.18 bits per heavy atom. The highest BCUT2D eigenvalue weighted by atomic mass is 32.1. The standard InChI is InChI=1S/C20H19N5OS2/c1-14-8-6-7-11-18(14)23-19(27)24-21-12-16-13-28-20(22-16)25(15(2)26)17-9-4-3-5-10-17/h3-13H,1-2H3,(H2,23,24,27)/b21-12-. The average Bonchev–Trinajstić information content (AvgIpc) is 3.12. The van der Waals surface area contributed by atoms with Crippen molar-refractivity contribution in [2.24, 2.45) is 5.10 Å². The predicted octanol–water partition coefficient (Wildman–Crippen LogP) is 4.46. The van der Waals surface area contributed by atoms with Crippen molar-refractivity contribution in [3.8, 4) is 0 Å². The van der Waals surface area contributed by atoms with Crippen LogP contribution in [0.5, 0.6) is 0 Å². The third kappa shape index (κ3) is 4.99. The number of nitrogens with zero attached hydrogens (tertiary/aromatic N) is 3. The van der Waals surface area contributed by atoms with Crippen LogP contribution in [0.25, 0.3) is 0 Å². The fourth-order valence-electron chi connectivity index (χ4n) is 2.46. The van der Waals surface area contributed by atoms with Crippen LogP contribution in [0.4, 0.5) is 16.5 Å². The van der Waals surface area contributed by atoms with Crippen molar-refractivity contribution < 1.29 is 4.79 Å². The number of thiocarbonyl (C=S) groups is 1. The van der Waals surface area contributed by atoms with Crippen LogP contribution in [0.3, 0.4) is 0 Å². The summed E-state index contributed by atoms with van der Waals surface area (Å²) in [6, 6.07) is 17.3. The first-order chi connectivity index (χ1) is 13.5. The van der Waals surface area contributed by atoms with E-state index in [1.54, 1.807) is 11.1 Å². The fourth-order valence-corrected chi connectivity index (χ4v) is 3.46. The number of rotatable bonds is 5. The van der Waals surface area contributed by atoms with Gasteiger partial charge in [0.2, 0.25) is 5.91 Å². The Hall–Kier alpha value is -3.10. The molecule has 0 aliphatic rings. The van der Waals surface area contributed by atoms with Crippen LogP contribution in [0.1, 0.15) is 18.2 Å². The van der Waals surface area contributed by atoms with Gasteiger partial charge >= 0.3 is 0 Å². The lowest BCUT2D eigenvalue weighted by atomic mass is 10.2. The molecule has 0 atom stereocenters. The van der Waals surface area contributed by atoms with E-state index in [0.717, 1.165) is 16.9 Å². The Balaban J connectivity index is 1.64. The normalized spacial score (nSPS) is 10.6. The van der Waals surface area contributed by atoms with Crippen LogP contribution >= 0.6 is 23.6 Å². The molecular formula is C20H19N5OS2. The number of carbonyl (C=O) groups excluding carboxylic acids is 1. The fraction of sp³-hybridized carbons (Fsp3) is 0.100. The van der Waals surface area contributed by atoms with Crippen LogP contribution in [-0.4, -0.2) is 22.2 Å². The van der Waals surface area contributed by atoms with Crippen LogP contribution in [-0.2, 0) is 4.79 Å². The van der Waals surface area contributed by atoms with Gasteiger partial charge in [-0.25, -0.2) is 4.98 Å². The van der Waals surface area contributed by atoms with Gasteiger partial charge in [0.25, 0.3) is 0 Å². The van der Waals surface area contributed by atoms with E-state index in [1.165, 1.54) is 18.3 Å². The molecule has 0 aliphatic carbocycles. The van der Waals surface area contributed by atoms with E-state index in [9.17, 15) is 4.79 Å². The lowest BCUT2D eigenvalue weighted by Gasteiger charge is -2.17. The third-order valence-electron chi connectivity index (χ3n) is 3.79. The molecule has 1 amide bonds. The Bertz CT molecular complexity index is 1000. The van der Waals surface area contributed by atoms with Gasteiger partial charge in [-0.2, -0.15) is 5.10 Å². The van der Waals surface area contributed by atoms with Gasteiger partial charge in [0, 0.05) is 18.0 Å². The molecule has 1 aromatic heterocycles. The second kappa shape index (κ2) is 9.20. The van der Waals surface area contributed by atoms with Crippen LogP contribution in [0.15, 0.2) is 65.1 Å². The molecule has 0 bridgehead atoms. The second-order valence-corrected chi connectivity index (χ2v) is 7.13. The molecule has 2 N–H and O–H groups in total. The van der Waals surface area contributed by atoms with Crippen molar-refractivity contribution in [1.82, 2.24) is 10.4 Å². The monoisotopic (exact) mass is 409 g/mol. The van der Waals surface area contributed by atoms with E-state index >= 15 is 0 Å². The first-order valence-corrected chi connectivity index (χ1v) is 9.80. The third-order valence-corrected chi connectivity index (χ3v) is 4.82. The minimum atomic E-state index is -0.106. The molecule has 1 heterocycles. The number of nitrogens with one attached hydrogen (secondary N) is 2. The van der Waals surface area contributed by atoms with Gasteiger partial charge in [0.1, 0.15) is 0 Å². The average molecular weight is 410 g/mol. The number of hydrazone groups is 1. The number of benzene rings is 2. The minimum Gasteiger partial charge on any atom is -0.331 e. The first kappa shape index (κ1) is 19.7. The molecule has 142 valence electrons. The Kier molecular flexibility index (Phi) is 6.46. The molecule has 0 fully saturated rings. The molecule has 0 radical (unpaired) electrons. The van der Waals surface area contributed by atoms with E-state index in [-0.39, 0.29) is 5.91 Å². The number of carbonyl (C=O) groups is 1. The number of aromatic nitrogens is 1. The Morgan fingerprint density at radius 3 is 2.61 bits per heavy atom. The summed E-state index contributed by atoms with van der Waals surface area (Å²) in [5.74, 6) is -0.106. The zero-order valence-electron chi connectivity index (χ0n) is 15.4. The summed E-state index contributed by atoms with van der Waals surface area (Å²) in [4.78, 5) is 18.1. The molecule has 3 aromatic rings. The lowest BCUT2D eigenvalue weighted by Crippen LogP contribution is -2.24. The number of para-hydroxylation sites is 2.